The van der Waals surface area contributed by atoms with Crippen molar-refractivity contribution in [2.24, 2.45) is 23.7 Å². The van der Waals surface area contributed by atoms with E-state index in [0.717, 1.165) is 57.8 Å². The summed E-state index contributed by atoms with van der Waals surface area (Å²) >= 11 is 0. The number of hydrogen-bond donors (Lipinski definition) is 8. The van der Waals surface area contributed by atoms with Crippen molar-refractivity contribution in [3.05, 3.63) is 0 Å². The molecule has 0 bridgehead atoms. The van der Waals surface area contributed by atoms with Gasteiger partial charge in [-0.2, -0.15) is 0 Å². The summed E-state index contributed by atoms with van der Waals surface area (Å²) < 4.78 is 31.3. The first-order valence-electron chi connectivity index (χ1n) is 31.0. The molecule has 0 saturated carbocycles. The Morgan fingerprint density at radius 1 is 0.330 bits per heavy atom. The summed E-state index contributed by atoms with van der Waals surface area (Å²) in [6.07, 6.45) is 12.6. The monoisotopic (exact) mass is 1260 g/mol. The SMILES string of the molecule is CCNC(=O)CC[C@H](CC(=O)COCCOCCNC(=O)CC[C@H](CC(=O)CCCCCCCCCCCCCCC(=O)O)C(=O)O)C(=O)O.CCOCCOCC(=O)C[C@@H](CCC(=O)NCCOCCOCC(=O)C[C@@H](CCC(C)=O)C(=O)O)C(=O)O. The number of aliphatic carboxylic acids is 5. The highest BCUT2D eigenvalue weighted by atomic mass is 16.5. The Bertz CT molecular complexity index is 2040. The molecule has 506 valence electrons. The molecule has 4 atom stereocenters. The fourth-order valence-electron chi connectivity index (χ4n) is 8.54. The molecule has 0 aromatic carbocycles. The molecule has 27 heteroatoms. The van der Waals surface area contributed by atoms with Crippen LogP contribution in [0.25, 0.3) is 0 Å². The molecular weight excluding hydrogens is 1160 g/mol. The van der Waals surface area contributed by atoms with E-state index < -0.39 is 59.3 Å². The Labute approximate surface area is 517 Å². The minimum atomic E-state index is -1.16. The normalized spacial score (nSPS) is 12.3. The average molecular weight is 1260 g/mol. The van der Waals surface area contributed by atoms with Crippen LogP contribution in [0.1, 0.15) is 188 Å². The van der Waals surface area contributed by atoms with Gasteiger partial charge in [-0.05, 0) is 59.3 Å². The maximum Gasteiger partial charge on any atom is 0.306 e. The number of ether oxygens (including phenoxy) is 6. The van der Waals surface area contributed by atoms with Gasteiger partial charge in [0.05, 0.1) is 76.5 Å². The van der Waals surface area contributed by atoms with Gasteiger partial charge in [-0.1, -0.05) is 64.2 Å². The predicted octanol–water partition coefficient (Wildman–Crippen LogP) is 5.36. The third-order valence-electron chi connectivity index (χ3n) is 13.5. The second kappa shape index (κ2) is 57.3. The van der Waals surface area contributed by atoms with Gasteiger partial charge in [-0.25, -0.2) is 0 Å². The van der Waals surface area contributed by atoms with Crippen LogP contribution in [0.5, 0.6) is 0 Å². The maximum absolute atomic E-state index is 12.4. The number of carboxylic acids is 5. The van der Waals surface area contributed by atoms with Gasteiger partial charge >= 0.3 is 29.8 Å². The van der Waals surface area contributed by atoms with Gasteiger partial charge < -0.3 is 74.7 Å². The van der Waals surface area contributed by atoms with Crippen LogP contribution in [0.4, 0.5) is 0 Å². The number of rotatable bonds is 62. The summed E-state index contributed by atoms with van der Waals surface area (Å²) in [6.45, 7) is 6.94. The van der Waals surface area contributed by atoms with E-state index >= 15 is 0 Å². The van der Waals surface area contributed by atoms with Gasteiger partial charge in [-0.15, -0.1) is 0 Å². The van der Waals surface area contributed by atoms with Crippen molar-refractivity contribution < 1.29 is 116 Å². The molecule has 0 saturated heterocycles. The summed E-state index contributed by atoms with van der Waals surface area (Å²) in [6, 6.07) is 0. The van der Waals surface area contributed by atoms with Crippen molar-refractivity contribution >= 4 is 76.5 Å². The minimum absolute atomic E-state index is 0.00602. The van der Waals surface area contributed by atoms with Crippen molar-refractivity contribution in [2.45, 2.75) is 188 Å². The molecule has 27 nitrogen and oxygen atoms in total. The number of carbonyl (C=O) groups excluding carboxylic acids is 8. The molecule has 0 rings (SSSR count). The Kier molecular flexibility index (Phi) is 54.7. The molecule has 0 aliphatic carbocycles. The van der Waals surface area contributed by atoms with Gasteiger partial charge in [0.2, 0.25) is 17.7 Å². The summed E-state index contributed by atoms with van der Waals surface area (Å²) in [5, 5.41) is 53.7. The largest absolute Gasteiger partial charge is 0.481 e. The molecule has 3 amide bonds. The van der Waals surface area contributed by atoms with Gasteiger partial charge in [0.1, 0.15) is 31.4 Å². The van der Waals surface area contributed by atoms with Gasteiger partial charge in [0, 0.05) is 90.4 Å². The van der Waals surface area contributed by atoms with E-state index in [1.54, 1.807) is 6.92 Å². The molecule has 0 fully saturated rings. The van der Waals surface area contributed by atoms with Crippen molar-refractivity contribution in [1.82, 2.24) is 16.0 Å². The lowest BCUT2D eigenvalue weighted by atomic mass is 9.94. The molecule has 0 aliphatic rings. The first-order valence-corrected chi connectivity index (χ1v) is 31.0. The number of carboxylic acid groups (broad SMARTS) is 5. The zero-order valence-electron chi connectivity index (χ0n) is 52.3. The highest BCUT2D eigenvalue weighted by Crippen LogP contribution is 2.18. The van der Waals surface area contributed by atoms with Crippen LogP contribution < -0.4 is 16.0 Å². The second-order valence-corrected chi connectivity index (χ2v) is 21.3. The third kappa shape index (κ3) is 55.2. The highest BCUT2D eigenvalue weighted by molar-refractivity contribution is 5.87. The van der Waals surface area contributed by atoms with Gasteiger partial charge in [0.25, 0.3) is 0 Å². The lowest BCUT2D eigenvalue weighted by Gasteiger charge is -2.12. The highest BCUT2D eigenvalue weighted by Gasteiger charge is 2.25. The number of Topliss-reactive ketones (excluding diaryl/α,β-unsaturated/α-hetero) is 5. The third-order valence-corrected chi connectivity index (χ3v) is 13.5. The van der Waals surface area contributed by atoms with Crippen LogP contribution in [0.15, 0.2) is 0 Å². The van der Waals surface area contributed by atoms with E-state index in [9.17, 15) is 77.6 Å². The maximum atomic E-state index is 12.4. The summed E-state index contributed by atoms with van der Waals surface area (Å²) in [7, 11) is 0. The second-order valence-electron chi connectivity index (χ2n) is 21.3. The van der Waals surface area contributed by atoms with Crippen LogP contribution >= 0.6 is 0 Å². The molecule has 0 spiro atoms. The van der Waals surface area contributed by atoms with Gasteiger partial charge in [0.15, 0.2) is 17.3 Å². The number of carbonyl (C=O) groups is 13. The number of nitrogens with one attached hydrogen (secondary N) is 3. The number of hydrogen-bond acceptors (Lipinski definition) is 19. The molecule has 0 unspecified atom stereocenters. The molecular formula is C61H103N3O24. The van der Waals surface area contributed by atoms with Crippen molar-refractivity contribution in [2.75, 3.05) is 98.9 Å². The van der Waals surface area contributed by atoms with Crippen LogP contribution in [-0.2, 0) is 90.8 Å². The summed E-state index contributed by atoms with van der Waals surface area (Å²) in [4.78, 5) is 151. The molecule has 0 radical (unpaired) electrons. The van der Waals surface area contributed by atoms with E-state index in [-0.39, 0.29) is 203 Å². The van der Waals surface area contributed by atoms with E-state index in [4.69, 9.17) is 38.6 Å². The lowest BCUT2D eigenvalue weighted by molar-refractivity contribution is -0.145. The molecule has 88 heavy (non-hydrogen) atoms. The predicted molar refractivity (Wildman–Crippen MR) is 318 cm³/mol. The zero-order chi connectivity index (χ0) is 66.2. The standard InChI is InChI=1S/C36H62N2O12.C25H41NO12/c1-2-37-32(41)19-17-29(36(47)48)26-31(40)27-50-24-23-49-22-21-38-33(42)20-18-28(35(45)46)25-30(39)15-13-11-9-7-5-3-4-6-8-10-12-14-16-34(43)44;1-3-35-10-12-37-16-22(29)15-20(25(33)34)6-7-23(30)26-8-9-36-11-13-38-17-21(28)14-19(24(31)32)5-4-18(2)27/h28-29H,2-27H2,1H3,(H,37,41)(H,38,42)(H,43,44)(H,45,46)(H,47,48);19-20H,3-17H2,1-2H3,(H,26,30)(H,31,32)(H,33,34)/t28-,29-;19-,20-/m11/s1. The zero-order valence-corrected chi connectivity index (χ0v) is 52.3. The number of ketones is 5. The number of unbranched alkanes of at least 4 members (excludes halogenated alkanes) is 11. The first kappa shape index (κ1) is 83.9. The van der Waals surface area contributed by atoms with E-state index in [2.05, 4.69) is 16.0 Å². The Hall–Kier alpha value is -6.13. The molecule has 0 aromatic rings. The summed E-state index contributed by atoms with van der Waals surface area (Å²) in [5.74, 6) is -11.4. The lowest BCUT2D eigenvalue weighted by Crippen LogP contribution is -2.29. The molecule has 0 heterocycles. The fourth-order valence-corrected chi connectivity index (χ4v) is 8.54. The number of amides is 3. The molecule has 0 aliphatic heterocycles. The minimum Gasteiger partial charge on any atom is -0.481 e. The molecule has 8 N–H and O–H groups in total. The van der Waals surface area contributed by atoms with Crippen molar-refractivity contribution in [1.29, 1.82) is 0 Å². The Morgan fingerprint density at radius 3 is 0.943 bits per heavy atom. The van der Waals surface area contributed by atoms with Crippen LogP contribution in [0.3, 0.4) is 0 Å². The van der Waals surface area contributed by atoms with Crippen LogP contribution in [-0.4, -0.2) is 201 Å². The van der Waals surface area contributed by atoms with Crippen LogP contribution in [0, 0.1) is 23.7 Å². The summed E-state index contributed by atoms with van der Waals surface area (Å²) in [5.41, 5.74) is 0. The van der Waals surface area contributed by atoms with E-state index in [0.29, 0.717) is 26.2 Å². The quantitative estimate of drug-likeness (QED) is 0.0355. The smallest absolute Gasteiger partial charge is 0.306 e. The van der Waals surface area contributed by atoms with Crippen LogP contribution in [0.2, 0.25) is 0 Å². The van der Waals surface area contributed by atoms with Gasteiger partial charge in [-0.3, -0.25) is 57.5 Å². The van der Waals surface area contributed by atoms with E-state index in [1.807, 2.05) is 6.92 Å². The molecule has 0 aromatic heterocycles. The Balaban J connectivity index is 0. The average Bonchev–Trinajstić information content (AvgIpc) is 3.47. The Morgan fingerprint density at radius 2 is 0.625 bits per heavy atom. The van der Waals surface area contributed by atoms with Crippen molar-refractivity contribution in [3.63, 3.8) is 0 Å². The fraction of sp³-hybridized carbons (Fsp3) is 0.787. The first-order chi connectivity index (χ1) is 42.0. The van der Waals surface area contributed by atoms with Crippen molar-refractivity contribution in [3.8, 4) is 0 Å². The topological polar surface area (TPSA) is 415 Å². The van der Waals surface area contributed by atoms with E-state index in [1.165, 1.54) is 26.2 Å².